The number of Topliss-reactive ketones (excluding diaryl/α,β-unsaturated/α-hetero) is 1. The van der Waals surface area contributed by atoms with Gasteiger partial charge in [-0.3, -0.25) is 14.9 Å². The fourth-order valence-corrected chi connectivity index (χ4v) is 2.19. The van der Waals surface area contributed by atoms with Crippen LogP contribution in [0.1, 0.15) is 22.8 Å². The van der Waals surface area contributed by atoms with Crippen molar-refractivity contribution in [3.63, 3.8) is 0 Å². The SMILES string of the molecule is CC(=O)c1ccc(NC(=S)NC(=O)C=Cc2ccc(Cl)cc2)cc1. The Morgan fingerprint density at radius 1 is 1.04 bits per heavy atom. The third-order valence-corrected chi connectivity index (χ3v) is 3.54. The molecule has 2 aromatic carbocycles. The van der Waals surface area contributed by atoms with Crippen LogP contribution in [0.3, 0.4) is 0 Å². The Balaban J connectivity index is 1.88. The van der Waals surface area contributed by atoms with Crippen molar-refractivity contribution in [1.82, 2.24) is 5.32 Å². The van der Waals surface area contributed by atoms with E-state index in [1.54, 1.807) is 54.6 Å². The number of hydrogen-bond donors (Lipinski definition) is 2. The largest absolute Gasteiger partial charge is 0.332 e. The Morgan fingerprint density at radius 3 is 2.25 bits per heavy atom. The topological polar surface area (TPSA) is 58.2 Å². The molecule has 0 saturated heterocycles. The van der Waals surface area contributed by atoms with Crippen molar-refractivity contribution in [2.24, 2.45) is 0 Å². The van der Waals surface area contributed by atoms with Crippen molar-refractivity contribution < 1.29 is 9.59 Å². The molecule has 0 aliphatic heterocycles. The molecule has 0 saturated carbocycles. The Kier molecular flexibility index (Phi) is 6.23. The number of carbonyl (C=O) groups excluding carboxylic acids is 2. The third kappa shape index (κ3) is 5.61. The van der Waals surface area contributed by atoms with Crippen molar-refractivity contribution >= 4 is 52.4 Å². The molecule has 0 atom stereocenters. The fraction of sp³-hybridized carbons (Fsp3) is 0.0556. The molecular weight excluding hydrogens is 344 g/mol. The highest BCUT2D eigenvalue weighted by Gasteiger charge is 2.03. The Labute approximate surface area is 150 Å². The average molecular weight is 359 g/mol. The number of ketones is 1. The molecule has 4 nitrogen and oxygen atoms in total. The van der Waals surface area contributed by atoms with Crippen LogP contribution in [0.2, 0.25) is 5.02 Å². The van der Waals surface area contributed by atoms with Crippen LogP contribution < -0.4 is 10.6 Å². The normalized spacial score (nSPS) is 10.4. The number of hydrogen-bond acceptors (Lipinski definition) is 3. The fourth-order valence-electron chi connectivity index (χ4n) is 1.85. The molecule has 0 heterocycles. The average Bonchev–Trinajstić information content (AvgIpc) is 2.54. The van der Waals surface area contributed by atoms with E-state index in [-0.39, 0.29) is 16.8 Å². The van der Waals surface area contributed by atoms with Gasteiger partial charge in [-0.15, -0.1) is 0 Å². The molecule has 6 heteroatoms. The lowest BCUT2D eigenvalue weighted by Crippen LogP contribution is -2.32. The minimum atomic E-state index is -0.345. The molecule has 0 aliphatic rings. The van der Waals surface area contributed by atoms with E-state index in [4.69, 9.17) is 23.8 Å². The lowest BCUT2D eigenvalue weighted by atomic mass is 10.1. The van der Waals surface area contributed by atoms with E-state index in [9.17, 15) is 9.59 Å². The van der Waals surface area contributed by atoms with Gasteiger partial charge in [-0.05, 0) is 67.2 Å². The Hall–Kier alpha value is -2.50. The Bertz CT molecular complexity index is 784. The van der Waals surface area contributed by atoms with Crippen molar-refractivity contribution in [3.8, 4) is 0 Å². The number of amides is 1. The van der Waals surface area contributed by atoms with Crippen LogP contribution in [-0.2, 0) is 4.79 Å². The Morgan fingerprint density at radius 2 is 1.67 bits per heavy atom. The van der Waals surface area contributed by atoms with Gasteiger partial charge in [-0.2, -0.15) is 0 Å². The van der Waals surface area contributed by atoms with E-state index in [2.05, 4.69) is 10.6 Å². The first-order valence-electron chi connectivity index (χ1n) is 7.10. The molecule has 0 bridgehead atoms. The number of rotatable bonds is 4. The number of carbonyl (C=O) groups is 2. The van der Waals surface area contributed by atoms with Crippen LogP contribution in [0.15, 0.2) is 54.6 Å². The summed E-state index contributed by atoms with van der Waals surface area (Å²) in [7, 11) is 0. The molecule has 2 rings (SSSR count). The van der Waals surface area contributed by atoms with Crippen LogP contribution in [0.5, 0.6) is 0 Å². The summed E-state index contributed by atoms with van der Waals surface area (Å²) in [5, 5.41) is 6.24. The third-order valence-electron chi connectivity index (χ3n) is 3.08. The van der Waals surface area contributed by atoms with Crippen LogP contribution in [-0.4, -0.2) is 16.8 Å². The van der Waals surface area contributed by atoms with E-state index in [1.165, 1.54) is 13.0 Å². The number of thiocarbonyl (C=S) groups is 1. The van der Waals surface area contributed by atoms with Gasteiger partial charge < -0.3 is 5.32 Å². The second kappa shape index (κ2) is 8.38. The second-order valence-corrected chi connectivity index (χ2v) is 5.81. The minimum Gasteiger partial charge on any atom is -0.332 e. The quantitative estimate of drug-likeness (QED) is 0.491. The first-order valence-corrected chi connectivity index (χ1v) is 7.89. The van der Waals surface area contributed by atoms with Crippen LogP contribution in [0.4, 0.5) is 5.69 Å². The van der Waals surface area contributed by atoms with Gasteiger partial charge in [0.15, 0.2) is 10.9 Å². The molecule has 2 N–H and O–H groups in total. The number of halogens is 1. The smallest absolute Gasteiger partial charge is 0.250 e. The molecule has 2 aromatic rings. The predicted molar refractivity (Wildman–Crippen MR) is 101 cm³/mol. The van der Waals surface area contributed by atoms with Gasteiger partial charge >= 0.3 is 0 Å². The predicted octanol–water partition coefficient (Wildman–Crippen LogP) is 4.07. The molecule has 0 unspecified atom stereocenters. The van der Waals surface area contributed by atoms with E-state index < -0.39 is 0 Å². The lowest BCUT2D eigenvalue weighted by molar-refractivity contribution is -0.115. The van der Waals surface area contributed by atoms with Gasteiger partial charge in [-0.25, -0.2) is 0 Å². The molecule has 0 radical (unpaired) electrons. The molecular formula is C18H15ClN2O2S. The standard InChI is InChI=1S/C18H15ClN2O2S/c1-12(22)14-5-9-16(10-6-14)20-18(24)21-17(23)11-4-13-2-7-15(19)8-3-13/h2-11H,1H3,(H2,20,21,23,24). The zero-order valence-corrected chi connectivity index (χ0v) is 14.4. The zero-order valence-electron chi connectivity index (χ0n) is 12.9. The molecule has 24 heavy (non-hydrogen) atoms. The van der Waals surface area contributed by atoms with Crippen molar-refractivity contribution in [2.75, 3.05) is 5.32 Å². The maximum atomic E-state index is 11.8. The maximum absolute atomic E-state index is 11.8. The number of anilines is 1. The molecule has 0 spiro atoms. The van der Waals surface area contributed by atoms with Gasteiger partial charge in [0.25, 0.3) is 0 Å². The van der Waals surface area contributed by atoms with E-state index >= 15 is 0 Å². The molecule has 0 aromatic heterocycles. The zero-order chi connectivity index (χ0) is 17.5. The number of benzene rings is 2. The highest BCUT2D eigenvalue weighted by atomic mass is 35.5. The molecule has 0 aliphatic carbocycles. The first-order chi connectivity index (χ1) is 11.4. The first kappa shape index (κ1) is 17.8. The lowest BCUT2D eigenvalue weighted by Gasteiger charge is -2.08. The summed E-state index contributed by atoms with van der Waals surface area (Å²) in [5.74, 6) is -0.354. The van der Waals surface area contributed by atoms with E-state index in [0.29, 0.717) is 16.3 Å². The van der Waals surface area contributed by atoms with Crippen LogP contribution >= 0.6 is 23.8 Å². The highest BCUT2D eigenvalue weighted by Crippen LogP contribution is 2.11. The summed E-state index contributed by atoms with van der Waals surface area (Å²) >= 11 is 10.9. The summed E-state index contributed by atoms with van der Waals surface area (Å²) in [5.41, 5.74) is 2.15. The summed E-state index contributed by atoms with van der Waals surface area (Å²) < 4.78 is 0. The number of nitrogens with one attached hydrogen (secondary N) is 2. The van der Waals surface area contributed by atoms with Crippen LogP contribution in [0.25, 0.3) is 6.08 Å². The molecule has 1 amide bonds. The minimum absolute atomic E-state index is 0.00948. The van der Waals surface area contributed by atoms with E-state index in [0.717, 1.165) is 5.56 Å². The molecule has 122 valence electrons. The highest BCUT2D eigenvalue weighted by molar-refractivity contribution is 7.80. The summed E-state index contributed by atoms with van der Waals surface area (Å²) in [6, 6.07) is 13.9. The summed E-state index contributed by atoms with van der Waals surface area (Å²) in [6.07, 6.45) is 3.05. The van der Waals surface area contributed by atoms with Gasteiger partial charge in [0.2, 0.25) is 5.91 Å². The van der Waals surface area contributed by atoms with Gasteiger partial charge in [0, 0.05) is 22.3 Å². The molecule has 0 fully saturated rings. The van der Waals surface area contributed by atoms with E-state index in [1.807, 2.05) is 0 Å². The monoisotopic (exact) mass is 358 g/mol. The van der Waals surface area contributed by atoms with Crippen LogP contribution in [0, 0.1) is 0 Å². The summed E-state index contributed by atoms with van der Waals surface area (Å²) in [4.78, 5) is 23.0. The maximum Gasteiger partial charge on any atom is 0.250 e. The van der Waals surface area contributed by atoms with Gasteiger partial charge in [0.1, 0.15) is 0 Å². The van der Waals surface area contributed by atoms with Crippen molar-refractivity contribution in [2.45, 2.75) is 6.92 Å². The van der Waals surface area contributed by atoms with Gasteiger partial charge in [-0.1, -0.05) is 23.7 Å². The van der Waals surface area contributed by atoms with Gasteiger partial charge in [0.05, 0.1) is 0 Å². The summed E-state index contributed by atoms with van der Waals surface area (Å²) in [6.45, 7) is 1.50. The van der Waals surface area contributed by atoms with Crippen molar-refractivity contribution in [1.29, 1.82) is 0 Å². The van der Waals surface area contributed by atoms with Crippen molar-refractivity contribution in [3.05, 3.63) is 70.8 Å². The second-order valence-electron chi connectivity index (χ2n) is 4.96.